The van der Waals surface area contributed by atoms with E-state index in [9.17, 15) is 9.59 Å². The van der Waals surface area contributed by atoms with Crippen molar-refractivity contribution >= 4 is 23.6 Å². The van der Waals surface area contributed by atoms with Gasteiger partial charge in [0, 0.05) is 29.7 Å². The van der Waals surface area contributed by atoms with Gasteiger partial charge in [-0.2, -0.15) is 0 Å². The van der Waals surface area contributed by atoms with Crippen LogP contribution < -0.4 is 5.32 Å². The molecule has 0 spiro atoms. The van der Waals surface area contributed by atoms with Gasteiger partial charge in [-0.25, -0.2) is 0 Å². The first kappa shape index (κ1) is 25.0. The maximum atomic E-state index is 13.3. The Hall–Kier alpha value is -2.27. The van der Waals surface area contributed by atoms with Crippen molar-refractivity contribution in [3.05, 3.63) is 65.2 Å². The zero-order chi connectivity index (χ0) is 22.8. The van der Waals surface area contributed by atoms with Crippen molar-refractivity contribution in [1.82, 2.24) is 10.2 Å². The molecule has 2 unspecified atom stereocenters. The minimum atomic E-state index is -0.466. The Balaban J connectivity index is 2.12. The number of carbonyl (C=O) groups is 2. The van der Waals surface area contributed by atoms with E-state index in [4.69, 9.17) is 0 Å². The Morgan fingerprint density at radius 1 is 0.935 bits per heavy atom. The molecule has 2 aromatic rings. The summed E-state index contributed by atoms with van der Waals surface area (Å²) in [4.78, 5) is 29.1. The third kappa shape index (κ3) is 8.06. The first-order chi connectivity index (χ1) is 14.8. The van der Waals surface area contributed by atoms with E-state index in [2.05, 4.69) is 36.5 Å². The van der Waals surface area contributed by atoms with Crippen molar-refractivity contribution in [2.75, 3.05) is 5.75 Å². The zero-order valence-corrected chi connectivity index (χ0v) is 20.3. The number of nitrogens with zero attached hydrogens (tertiary/aromatic N) is 1. The standard InChI is InChI=1S/C26H36N2O2S/c1-6-21(5)27-26(30)24(7-2)28(18-22-12-8-19(3)9-13-22)25(29)16-17-31-23-14-10-20(4)11-15-23/h8-15,21,24H,6-7,16-18H2,1-5H3,(H,27,30). The van der Waals surface area contributed by atoms with Crippen molar-refractivity contribution in [1.29, 1.82) is 0 Å². The van der Waals surface area contributed by atoms with Crippen LogP contribution in [0.5, 0.6) is 0 Å². The van der Waals surface area contributed by atoms with Gasteiger partial charge in [-0.05, 0) is 51.3 Å². The Morgan fingerprint density at radius 3 is 2.06 bits per heavy atom. The summed E-state index contributed by atoms with van der Waals surface area (Å²) in [5.74, 6) is 0.644. The number of aryl methyl sites for hydroxylation is 2. The second-order valence-corrected chi connectivity index (χ2v) is 9.33. The molecule has 0 aliphatic heterocycles. The SMILES string of the molecule is CCC(C)NC(=O)C(CC)N(Cc1ccc(C)cc1)C(=O)CCSc1ccc(C)cc1. The lowest BCUT2D eigenvalue weighted by Gasteiger charge is -2.31. The van der Waals surface area contributed by atoms with Crippen molar-refractivity contribution in [2.24, 2.45) is 0 Å². The second kappa shape index (κ2) is 12.6. The van der Waals surface area contributed by atoms with Crippen molar-refractivity contribution < 1.29 is 9.59 Å². The minimum absolute atomic E-state index is 0.0198. The van der Waals surface area contributed by atoms with E-state index in [1.165, 1.54) is 11.1 Å². The number of nitrogens with one attached hydrogen (secondary N) is 1. The molecule has 0 aromatic heterocycles. The van der Waals surface area contributed by atoms with Crippen molar-refractivity contribution in [2.45, 2.75) is 77.4 Å². The van der Waals surface area contributed by atoms with Crippen molar-refractivity contribution in [3.63, 3.8) is 0 Å². The van der Waals surface area contributed by atoms with Crippen LogP contribution >= 0.6 is 11.8 Å². The van der Waals surface area contributed by atoms with E-state index in [1.54, 1.807) is 16.7 Å². The van der Waals surface area contributed by atoms with E-state index >= 15 is 0 Å². The van der Waals surface area contributed by atoms with Crippen LogP contribution in [-0.2, 0) is 16.1 Å². The first-order valence-electron chi connectivity index (χ1n) is 11.2. The van der Waals surface area contributed by atoms with Gasteiger partial charge in [-0.15, -0.1) is 11.8 Å². The summed E-state index contributed by atoms with van der Waals surface area (Å²) < 4.78 is 0. The molecule has 2 rings (SSSR count). The summed E-state index contributed by atoms with van der Waals surface area (Å²) in [6.45, 7) is 10.6. The fourth-order valence-electron chi connectivity index (χ4n) is 3.29. The summed E-state index contributed by atoms with van der Waals surface area (Å²) in [7, 11) is 0. The van der Waals surface area contributed by atoms with Gasteiger partial charge in [-0.3, -0.25) is 9.59 Å². The lowest BCUT2D eigenvalue weighted by Crippen LogP contribution is -2.50. The van der Waals surface area contributed by atoms with E-state index in [1.807, 2.05) is 52.0 Å². The molecule has 2 amide bonds. The van der Waals surface area contributed by atoms with Gasteiger partial charge >= 0.3 is 0 Å². The molecule has 0 heterocycles. The zero-order valence-electron chi connectivity index (χ0n) is 19.5. The molecule has 2 aromatic carbocycles. The topological polar surface area (TPSA) is 49.4 Å². The fourth-order valence-corrected chi connectivity index (χ4v) is 4.13. The highest BCUT2D eigenvalue weighted by Crippen LogP contribution is 2.21. The van der Waals surface area contributed by atoms with Crippen LogP contribution in [0.1, 0.15) is 56.7 Å². The van der Waals surface area contributed by atoms with Gasteiger partial charge in [0.15, 0.2) is 0 Å². The summed E-state index contributed by atoms with van der Waals surface area (Å²) in [6, 6.07) is 16.1. The molecule has 1 N–H and O–H groups in total. The number of hydrogen-bond acceptors (Lipinski definition) is 3. The maximum absolute atomic E-state index is 13.3. The summed E-state index contributed by atoms with van der Waals surface area (Å²) in [6.07, 6.45) is 1.85. The van der Waals surface area contributed by atoms with E-state index in [0.29, 0.717) is 25.1 Å². The van der Waals surface area contributed by atoms with Crippen LogP contribution in [0.25, 0.3) is 0 Å². The third-order valence-corrected chi connectivity index (χ3v) is 6.48. The lowest BCUT2D eigenvalue weighted by molar-refractivity contribution is -0.141. The van der Waals surface area contributed by atoms with E-state index < -0.39 is 6.04 Å². The number of hydrogen-bond donors (Lipinski definition) is 1. The molecular weight excluding hydrogens is 404 g/mol. The Morgan fingerprint density at radius 2 is 1.52 bits per heavy atom. The van der Waals surface area contributed by atoms with Gasteiger partial charge in [0.2, 0.25) is 11.8 Å². The van der Waals surface area contributed by atoms with Gasteiger partial charge < -0.3 is 10.2 Å². The molecule has 0 saturated carbocycles. The molecular formula is C26H36N2O2S. The lowest BCUT2D eigenvalue weighted by atomic mass is 10.1. The largest absolute Gasteiger partial charge is 0.352 e. The number of benzene rings is 2. The van der Waals surface area contributed by atoms with E-state index in [-0.39, 0.29) is 17.9 Å². The highest BCUT2D eigenvalue weighted by Gasteiger charge is 2.28. The van der Waals surface area contributed by atoms with Crippen LogP contribution in [0.4, 0.5) is 0 Å². The molecule has 0 bridgehead atoms. The predicted octanol–water partition coefficient (Wildman–Crippen LogP) is 5.51. The first-order valence-corrected chi connectivity index (χ1v) is 12.2. The van der Waals surface area contributed by atoms with Crippen LogP contribution in [-0.4, -0.2) is 34.6 Å². The molecule has 0 aliphatic carbocycles. The fraction of sp³-hybridized carbons (Fsp3) is 0.462. The van der Waals surface area contributed by atoms with Crippen LogP contribution in [0.2, 0.25) is 0 Å². The number of amides is 2. The van der Waals surface area contributed by atoms with Gasteiger partial charge in [0.05, 0.1) is 0 Å². The number of rotatable bonds is 11. The number of thioether (sulfide) groups is 1. The summed E-state index contributed by atoms with van der Waals surface area (Å²) in [5, 5.41) is 3.06. The molecule has 0 radical (unpaired) electrons. The molecule has 31 heavy (non-hydrogen) atoms. The monoisotopic (exact) mass is 440 g/mol. The van der Waals surface area contributed by atoms with Gasteiger partial charge in [0.25, 0.3) is 0 Å². The normalized spacial score (nSPS) is 12.8. The molecule has 5 heteroatoms. The summed E-state index contributed by atoms with van der Waals surface area (Å²) >= 11 is 1.68. The molecule has 4 nitrogen and oxygen atoms in total. The maximum Gasteiger partial charge on any atom is 0.243 e. The van der Waals surface area contributed by atoms with Gasteiger partial charge in [0.1, 0.15) is 6.04 Å². The van der Waals surface area contributed by atoms with E-state index in [0.717, 1.165) is 16.9 Å². The van der Waals surface area contributed by atoms with Crippen LogP contribution in [0.15, 0.2) is 53.4 Å². The average molecular weight is 441 g/mol. The highest BCUT2D eigenvalue weighted by molar-refractivity contribution is 7.99. The van der Waals surface area contributed by atoms with Gasteiger partial charge in [-0.1, -0.05) is 61.4 Å². The predicted molar refractivity (Wildman–Crippen MR) is 130 cm³/mol. The molecule has 0 saturated heterocycles. The quantitative estimate of drug-likeness (QED) is 0.469. The summed E-state index contributed by atoms with van der Waals surface area (Å²) in [5.41, 5.74) is 3.44. The van der Waals surface area contributed by atoms with Crippen LogP contribution in [0, 0.1) is 13.8 Å². The van der Waals surface area contributed by atoms with Crippen LogP contribution in [0.3, 0.4) is 0 Å². The second-order valence-electron chi connectivity index (χ2n) is 8.16. The highest BCUT2D eigenvalue weighted by atomic mass is 32.2. The molecule has 168 valence electrons. The third-order valence-electron chi connectivity index (χ3n) is 5.47. The van der Waals surface area contributed by atoms with Crippen molar-refractivity contribution in [3.8, 4) is 0 Å². The Labute approximate surface area is 191 Å². The Kier molecular flexibility index (Phi) is 10.1. The molecule has 0 aliphatic rings. The number of carbonyl (C=O) groups excluding carboxylic acids is 2. The smallest absolute Gasteiger partial charge is 0.243 e. The molecule has 0 fully saturated rings. The minimum Gasteiger partial charge on any atom is -0.352 e. The average Bonchev–Trinajstić information content (AvgIpc) is 2.76. The molecule has 2 atom stereocenters. The Bertz CT molecular complexity index is 833.